The molecule has 3 nitrogen and oxygen atoms in total. The maximum Gasteiger partial charge on any atom is 0.336 e. The van der Waals surface area contributed by atoms with Gasteiger partial charge in [0.25, 0.3) is 0 Å². The number of hydrogen-bond acceptors (Lipinski definition) is 2. The third kappa shape index (κ3) is 2.67. The minimum atomic E-state index is -0.883. The van der Waals surface area contributed by atoms with Crippen LogP contribution in [0, 0.1) is 5.92 Å². The van der Waals surface area contributed by atoms with Crippen LogP contribution in [0.1, 0.15) is 54.1 Å². The Morgan fingerprint density at radius 2 is 1.88 bits per heavy atom. The highest BCUT2D eigenvalue weighted by Gasteiger charge is 2.24. The van der Waals surface area contributed by atoms with Crippen molar-refractivity contribution in [1.82, 2.24) is 0 Å². The zero-order valence-corrected chi connectivity index (χ0v) is 9.93. The first kappa shape index (κ1) is 12.1. The Bertz CT molecular complexity index is 397. The summed E-state index contributed by atoms with van der Waals surface area (Å²) in [5.41, 5.74) is 7.38. The summed E-state index contributed by atoms with van der Waals surface area (Å²) < 4.78 is 0. The minimum absolute atomic E-state index is 0.136. The molecule has 17 heavy (non-hydrogen) atoms. The standard InChI is InChI=1S/C14H19NO2/c15-13(10-6-2-1-3-7-10)11-8-4-5-9-12(11)14(16)17/h4-5,8-10,13H,1-3,6-7,15H2,(H,16,17)/t13-/m0/s1. The highest BCUT2D eigenvalue weighted by atomic mass is 16.4. The molecule has 1 aromatic rings. The first-order valence-electron chi connectivity index (χ1n) is 6.28. The van der Waals surface area contributed by atoms with Crippen molar-refractivity contribution in [2.75, 3.05) is 0 Å². The van der Waals surface area contributed by atoms with E-state index >= 15 is 0 Å². The molecule has 3 N–H and O–H groups in total. The first-order valence-corrected chi connectivity index (χ1v) is 6.28. The lowest BCUT2D eigenvalue weighted by atomic mass is 9.80. The zero-order chi connectivity index (χ0) is 12.3. The molecule has 0 aliphatic heterocycles. The predicted molar refractivity (Wildman–Crippen MR) is 66.9 cm³/mol. The molecule has 1 atom stereocenters. The second kappa shape index (κ2) is 5.32. The van der Waals surface area contributed by atoms with Gasteiger partial charge in [0, 0.05) is 6.04 Å². The normalized spacial score (nSPS) is 18.9. The summed E-state index contributed by atoms with van der Waals surface area (Å²) in [6.45, 7) is 0. The van der Waals surface area contributed by atoms with Gasteiger partial charge >= 0.3 is 5.97 Å². The smallest absolute Gasteiger partial charge is 0.336 e. The number of nitrogens with two attached hydrogens (primary N) is 1. The summed E-state index contributed by atoms with van der Waals surface area (Å²) in [5.74, 6) is -0.448. The van der Waals surface area contributed by atoms with Crippen molar-refractivity contribution in [2.45, 2.75) is 38.1 Å². The van der Waals surface area contributed by atoms with Gasteiger partial charge < -0.3 is 10.8 Å². The van der Waals surface area contributed by atoms with Crippen LogP contribution in [0.3, 0.4) is 0 Å². The summed E-state index contributed by atoms with van der Waals surface area (Å²) in [4.78, 5) is 11.2. The molecule has 0 bridgehead atoms. The average molecular weight is 233 g/mol. The topological polar surface area (TPSA) is 63.3 Å². The van der Waals surface area contributed by atoms with Gasteiger partial charge in [-0.05, 0) is 30.4 Å². The van der Waals surface area contributed by atoms with Crippen LogP contribution in [0.2, 0.25) is 0 Å². The second-order valence-electron chi connectivity index (χ2n) is 4.82. The molecule has 0 unspecified atom stereocenters. The summed E-state index contributed by atoms with van der Waals surface area (Å²) in [6, 6.07) is 6.97. The van der Waals surface area contributed by atoms with Crippen LogP contribution in [-0.2, 0) is 0 Å². The molecule has 1 aliphatic rings. The lowest BCUT2D eigenvalue weighted by Gasteiger charge is -2.28. The van der Waals surface area contributed by atoms with E-state index in [0.717, 1.165) is 18.4 Å². The quantitative estimate of drug-likeness (QED) is 0.843. The molecule has 0 radical (unpaired) electrons. The Balaban J connectivity index is 2.23. The Hall–Kier alpha value is -1.35. The van der Waals surface area contributed by atoms with E-state index in [1.807, 2.05) is 12.1 Å². The summed E-state index contributed by atoms with van der Waals surface area (Å²) in [7, 11) is 0. The van der Waals surface area contributed by atoms with E-state index in [1.165, 1.54) is 19.3 Å². The van der Waals surface area contributed by atoms with E-state index in [-0.39, 0.29) is 6.04 Å². The largest absolute Gasteiger partial charge is 0.478 e. The molecule has 1 fully saturated rings. The van der Waals surface area contributed by atoms with Gasteiger partial charge in [-0.1, -0.05) is 37.5 Å². The number of rotatable bonds is 3. The summed E-state index contributed by atoms with van der Waals surface area (Å²) in [5, 5.41) is 9.16. The molecular formula is C14H19NO2. The van der Waals surface area contributed by atoms with E-state index < -0.39 is 5.97 Å². The number of hydrogen-bond donors (Lipinski definition) is 2. The number of benzene rings is 1. The molecule has 2 rings (SSSR count). The third-order valence-electron chi connectivity index (χ3n) is 3.71. The maximum absolute atomic E-state index is 11.2. The van der Waals surface area contributed by atoms with Crippen LogP contribution >= 0.6 is 0 Å². The van der Waals surface area contributed by atoms with Crippen molar-refractivity contribution in [3.63, 3.8) is 0 Å². The maximum atomic E-state index is 11.2. The van der Waals surface area contributed by atoms with Crippen LogP contribution in [0.15, 0.2) is 24.3 Å². The average Bonchev–Trinajstić information content (AvgIpc) is 2.39. The molecule has 0 amide bonds. The zero-order valence-electron chi connectivity index (χ0n) is 9.93. The van der Waals surface area contributed by atoms with Gasteiger partial charge in [-0.3, -0.25) is 0 Å². The van der Waals surface area contributed by atoms with Crippen molar-refractivity contribution in [1.29, 1.82) is 0 Å². The Kier molecular flexibility index (Phi) is 3.79. The van der Waals surface area contributed by atoms with Gasteiger partial charge in [0.15, 0.2) is 0 Å². The second-order valence-corrected chi connectivity index (χ2v) is 4.82. The molecule has 1 aliphatic carbocycles. The number of carboxylic acids is 1. The molecular weight excluding hydrogens is 214 g/mol. The van der Waals surface area contributed by atoms with Gasteiger partial charge in [0.05, 0.1) is 5.56 Å². The molecule has 3 heteroatoms. The summed E-state index contributed by atoms with van der Waals surface area (Å²) in [6.07, 6.45) is 5.95. The fourth-order valence-electron chi connectivity index (χ4n) is 2.73. The highest BCUT2D eigenvalue weighted by molar-refractivity contribution is 5.89. The van der Waals surface area contributed by atoms with Crippen LogP contribution in [0.25, 0.3) is 0 Å². The molecule has 0 saturated heterocycles. The third-order valence-corrected chi connectivity index (χ3v) is 3.71. The Labute approximate surface area is 102 Å². The lowest BCUT2D eigenvalue weighted by molar-refractivity contribution is 0.0694. The molecule has 0 heterocycles. The van der Waals surface area contributed by atoms with Crippen molar-refractivity contribution in [3.8, 4) is 0 Å². The van der Waals surface area contributed by atoms with E-state index in [2.05, 4.69) is 0 Å². The SMILES string of the molecule is N[C@H](c1ccccc1C(=O)O)C1CCCCC1. The van der Waals surface area contributed by atoms with Crippen LogP contribution in [0.4, 0.5) is 0 Å². The van der Waals surface area contributed by atoms with Crippen LogP contribution in [-0.4, -0.2) is 11.1 Å². The Morgan fingerprint density at radius 3 is 2.53 bits per heavy atom. The first-order chi connectivity index (χ1) is 8.20. The van der Waals surface area contributed by atoms with Crippen molar-refractivity contribution >= 4 is 5.97 Å². The monoisotopic (exact) mass is 233 g/mol. The number of aromatic carboxylic acids is 1. The summed E-state index contributed by atoms with van der Waals surface area (Å²) >= 11 is 0. The van der Waals surface area contributed by atoms with E-state index in [1.54, 1.807) is 12.1 Å². The molecule has 92 valence electrons. The van der Waals surface area contributed by atoms with Gasteiger partial charge in [0.1, 0.15) is 0 Å². The highest BCUT2D eigenvalue weighted by Crippen LogP contribution is 2.33. The molecule has 0 aromatic heterocycles. The number of carbonyl (C=O) groups is 1. The van der Waals surface area contributed by atoms with E-state index in [0.29, 0.717) is 11.5 Å². The van der Waals surface area contributed by atoms with Crippen LogP contribution < -0.4 is 5.73 Å². The fourth-order valence-corrected chi connectivity index (χ4v) is 2.73. The van der Waals surface area contributed by atoms with Crippen molar-refractivity contribution in [2.24, 2.45) is 11.7 Å². The van der Waals surface area contributed by atoms with Gasteiger partial charge in [-0.15, -0.1) is 0 Å². The van der Waals surface area contributed by atoms with Gasteiger partial charge in [-0.2, -0.15) is 0 Å². The Morgan fingerprint density at radius 1 is 1.24 bits per heavy atom. The van der Waals surface area contributed by atoms with E-state index in [9.17, 15) is 4.79 Å². The lowest BCUT2D eigenvalue weighted by Crippen LogP contribution is -2.25. The van der Waals surface area contributed by atoms with Gasteiger partial charge in [0.2, 0.25) is 0 Å². The predicted octanol–water partition coefficient (Wildman–Crippen LogP) is 2.96. The van der Waals surface area contributed by atoms with E-state index in [4.69, 9.17) is 10.8 Å². The minimum Gasteiger partial charge on any atom is -0.478 e. The number of carboxylic acid groups (broad SMARTS) is 1. The fraction of sp³-hybridized carbons (Fsp3) is 0.500. The molecule has 1 aromatic carbocycles. The molecule has 0 spiro atoms. The molecule has 1 saturated carbocycles. The van der Waals surface area contributed by atoms with Crippen molar-refractivity contribution < 1.29 is 9.90 Å². The van der Waals surface area contributed by atoms with Crippen molar-refractivity contribution in [3.05, 3.63) is 35.4 Å². The van der Waals surface area contributed by atoms with Gasteiger partial charge in [-0.25, -0.2) is 4.79 Å². The van der Waals surface area contributed by atoms with Crippen LogP contribution in [0.5, 0.6) is 0 Å².